The highest BCUT2D eigenvalue weighted by atomic mass is 35.5. The maximum Gasteiger partial charge on any atom is 0.269 e. The van der Waals surface area contributed by atoms with E-state index in [1.54, 1.807) is 36.4 Å². The number of benzene rings is 2. The summed E-state index contributed by atoms with van der Waals surface area (Å²) in [6.45, 7) is 14.4. The van der Waals surface area contributed by atoms with Crippen molar-refractivity contribution in [2.45, 2.75) is 65.0 Å². The van der Waals surface area contributed by atoms with E-state index in [9.17, 15) is 14.4 Å². The number of hydrogen-bond acceptors (Lipinski definition) is 7. The summed E-state index contributed by atoms with van der Waals surface area (Å²) in [6.07, 6.45) is 0. The predicted octanol–water partition coefficient (Wildman–Crippen LogP) is 4.32. The first-order valence-corrected chi connectivity index (χ1v) is 18.6. The number of hydrogen-bond donors (Lipinski definition) is 2. The minimum absolute atomic E-state index is 0.0387. The average molecular weight is 675 g/mol. The van der Waals surface area contributed by atoms with Crippen LogP contribution in [0.25, 0.3) is 10.9 Å². The second-order valence-corrected chi connectivity index (χ2v) is 18.3. The lowest BCUT2D eigenvalue weighted by Crippen LogP contribution is -2.50. The average Bonchev–Trinajstić information content (AvgIpc) is 3.37. The lowest BCUT2D eigenvalue weighted by atomic mass is 10.1. The van der Waals surface area contributed by atoms with Gasteiger partial charge in [-0.15, -0.1) is 0 Å². The summed E-state index contributed by atoms with van der Waals surface area (Å²) in [5, 5.41) is 7.50. The third-order valence-electron chi connectivity index (χ3n) is 8.77. The molecule has 1 saturated heterocycles. The van der Waals surface area contributed by atoms with Crippen molar-refractivity contribution in [3.63, 3.8) is 0 Å². The fraction of sp³-hybridized carbons (Fsp3) is 0.500. The molecule has 1 aromatic heterocycles. The third kappa shape index (κ3) is 8.24. The van der Waals surface area contributed by atoms with Gasteiger partial charge in [-0.2, -0.15) is 5.10 Å². The monoisotopic (exact) mass is 674 g/mol. The van der Waals surface area contributed by atoms with E-state index in [1.807, 2.05) is 11.8 Å². The zero-order valence-corrected chi connectivity index (χ0v) is 29.1. The Kier molecular flexibility index (Phi) is 11.1. The molecule has 250 valence electrons. The van der Waals surface area contributed by atoms with Gasteiger partial charge in [-0.25, -0.2) is 4.39 Å². The number of amides is 3. The van der Waals surface area contributed by atoms with Gasteiger partial charge in [-0.3, -0.25) is 19.1 Å². The summed E-state index contributed by atoms with van der Waals surface area (Å²) < 4.78 is 28.2. The number of nitrogens with zero attached hydrogens (tertiary/aromatic N) is 4. The summed E-state index contributed by atoms with van der Waals surface area (Å²) in [4.78, 5) is 42.7. The Morgan fingerprint density at radius 2 is 1.87 bits per heavy atom. The van der Waals surface area contributed by atoms with Gasteiger partial charge in [0, 0.05) is 36.3 Å². The van der Waals surface area contributed by atoms with Gasteiger partial charge < -0.3 is 30.0 Å². The molecule has 3 aromatic rings. The Hall–Kier alpha value is -3.52. The van der Waals surface area contributed by atoms with Crippen LogP contribution in [0.2, 0.25) is 23.2 Å². The van der Waals surface area contributed by atoms with Crippen molar-refractivity contribution in [1.82, 2.24) is 20.0 Å². The largest absolute Gasteiger partial charge is 0.415 e. The van der Waals surface area contributed by atoms with Crippen LogP contribution in [0.1, 0.15) is 43.7 Å². The molecule has 0 saturated carbocycles. The van der Waals surface area contributed by atoms with Gasteiger partial charge in [0.25, 0.3) is 5.91 Å². The van der Waals surface area contributed by atoms with E-state index >= 15 is 4.39 Å². The van der Waals surface area contributed by atoms with E-state index in [2.05, 4.69) is 44.3 Å². The number of carbonyl (C=O) groups is 3. The van der Waals surface area contributed by atoms with Gasteiger partial charge in [0.05, 0.1) is 42.9 Å². The molecule has 0 unspecified atom stereocenters. The fourth-order valence-corrected chi connectivity index (χ4v) is 6.27. The third-order valence-corrected chi connectivity index (χ3v) is 13.6. The summed E-state index contributed by atoms with van der Waals surface area (Å²) in [6, 6.07) is 9.74. The van der Waals surface area contributed by atoms with Crippen molar-refractivity contribution in [2.75, 3.05) is 44.4 Å². The van der Waals surface area contributed by atoms with Crippen molar-refractivity contribution in [2.24, 2.45) is 5.73 Å². The smallest absolute Gasteiger partial charge is 0.269 e. The van der Waals surface area contributed by atoms with Gasteiger partial charge >= 0.3 is 0 Å². The molecule has 4 rings (SSSR count). The van der Waals surface area contributed by atoms with Gasteiger partial charge in [0.2, 0.25) is 11.8 Å². The van der Waals surface area contributed by atoms with Crippen LogP contribution in [0.15, 0.2) is 36.4 Å². The molecule has 3 N–H and O–H groups in total. The number of nitrogens with two attached hydrogens (primary N) is 1. The van der Waals surface area contributed by atoms with Gasteiger partial charge in [-0.05, 0) is 43.3 Å². The molecule has 0 radical (unpaired) electrons. The highest BCUT2D eigenvalue weighted by Crippen LogP contribution is 2.36. The van der Waals surface area contributed by atoms with Crippen LogP contribution in [0, 0.1) is 5.82 Å². The second kappa shape index (κ2) is 14.5. The number of carbonyl (C=O) groups excluding carboxylic acids is 3. The van der Waals surface area contributed by atoms with Gasteiger partial charge in [0.15, 0.2) is 14.0 Å². The quantitative estimate of drug-likeness (QED) is 0.274. The van der Waals surface area contributed by atoms with E-state index in [0.29, 0.717) is 37.2 Å². The van der Waals surface area contributed by atoms with Crippen molar-refractivity contribution < 1.29 is 27.9 Å². The van der Waals surface area contributed by atoms with Crippen LogP contribution in [0.3, 0.4) is 0 Å². The number of primary amides is 1. The van der Waals surface area contributed by atoms with Gasteiger partial charge in [0.1, 0.15) is 12.4 Å². The second-order valence-electron chi connectivity index (χ2n) is 13.1. The first-order chi connectivity index (χ1) is 21.6. The molecule has 1 aliphatic heterocycles. The summed E-state index contributed by atoms with van der Waals surface area (Å²) in [7, 11) is -2.17. The lowest BCUT2D eigenvalue weighted by Gasteiger charge is -2.38. The number of nitrogens with one attached hydrogen (secondary N) is 1. The number of anilines is 1. The number of morpholine rings is 1. The fourth-order valence-electron chi connectivity index (χ4n) is 4.94. The first kappa shape index (κ1) is 35.3. The lowest BCUT2D eigenvalue weighted by molar-refractivity contribution is -0.139. The number of fused-ring (bicyclic) bond motifs is 1. The van der Waals surface area contributed by atoms with Crippen molar-refractivity contribution in [1.29, 1.82) is 0 Å². The minimum Gasteiger partial charge on any atom is -0.415 e. The van der Waals surface area contributed by atoms with Crippen molar-refractivity contribution in [3.8, 4) is 0 Å². The van der Waals surface area contributed by atoms with Crippen LogP contribution >= 0.6 is 11.6 Å². The minimum atomic E-state index is -2.17. The number of rotatable bonds is 12. The topological polar surface area (TPSA) is 132 Å². The van der Waals surface area contributed by atoms with Crippen molar-refractivity contribution >= 4 is 54.2 Å². The molecule has 1 atom stereocenters. The predicted molar refractivity (Wildman–Crippen MR) is 179 cm³/mol. The number of aromatic nitrogens is 2. The molecule has 2 heterocycles. The molecule has 1 fully saturated rings. The van der Waals surface area contributed by atoms with Crippen LogP contribution in [0.4, 0.5) is 10.1 Å². The summed E-state index contributed by atoms with van der Waals surface area (Å²) in [5.74, 6) is -2.21. The molecular weight excluding hydrogens is 631 g/mol. The highest BCUT2D eigenvalue weighted by Gasteiger charge is 2.38. The molecule has 14 heteroatoms. The standard InChI is InChI=1S/C32H44ClFN6O5Si/c1-21(20-45-46(5,6)32(2,3)4)39(28(42)19-40-26-10-8-7-9-24(26)30(37-40)31(35)43)18-27(41)36-17-22-15-23(16-25(33)29(22)34)38-11-13-44-14-12-38/h7-10,15-16,21H,11-14,17-20H2,1-6H3,(H2,35,43)(H,36,41)/t21-/m1/s1. The molecule has 11 nitrogen and oxygen atoms in total. The van der Waals surface area contributed by atoms with Crippen LogP contribution in [-0.4, -0.2) is 86.2 Å². The number of halogens is 2. The molecule has 3 amide bonds. The normalized spacial score (nSPS) is 14.7. The molecule has 1 aliphatic rings. The Labute approximate surface area is 275 Å². The highest BCUT2D eigenvalue weighted by molar-refractivity contribution is 6.74. The van der Waals surface area contributed by atoms with Crippen LogP contribution in [0.5, 0.6) is 0 Å². The molecule has 46 heavy (non-hydrogen) atoms. The Balaban J connectivity index is 1.53. The molecule has 0 spiro atoms. The van der Waals surface area contributed by atoms with E-state index in [0.717, 1.165) is 5.69 Å². The molecule has 0 bridgehead atoms. The Morgan fingerprint density at radius 3 is 2.52 bits per heavy atom. The zero-order valence-electron chi connectivity index (χ0n) is 27.4. The number of ether oxygens (including phenoxy) is 1. The van der Waals surface area contributed by atoms with Gasteiger partial charge in [-0.1, -0.05) is 50.6 Å². The SMILES string of the molecule is C[C@H](CO[Si](C)(C)C(C)(C)C)N(CC(=O)NCc1cc(N2CCOCC2)cc(Cl)c1F)C(=O)Cn1nc(C(N)=O)c2ccccc21. The summed E-state index contributed by atoms with van der Waals surface area (Å²) >= 11 is 6.22. The summed E-state index contributed by atoms with van der Waals surface area (Å²) in [5.41, 5.74) is 7.14. The van der Waals surface area contributed by atoms with Crippen molar-refractivity contribution in [3.05, 3.63) is 58.5 Å². The number of para-hydroxylation sites is 1. The first-order valence-electron chi connectivity index (χ1n) is 15.3. The zero-order chi connectivity index (χ0) is 33.8. The van der Waals surface area contributed by atoms with E-state index < -0.39 is 37.9 Å². The Morgan fingerprint density at radius 1 is 1.20 bits per heavy atom. The Bertz CT molecular complexity index is 1590. The van der Waals surface area contributed by atoms with Crippen LogP contribution in [-0.2, 0) is 31.8 Å². The van der Waals surface area contributed by atoms with E-state index in [-0.39, 0.29) is 47.6 Å². The maximum absolute atomic E-state index is 15.0. The van der Waals surface area contributed by atoms with Crippen LogP contribution < -0.4 is 16.0 Å². The molecule has 0 aliphatic carbocycles. The maximum atomic E-state index is 15.0. The molecule has 2 aromatic carbocycles. The van der Waals surface area contributed by atoms with E-state index in [4.69, 9.17) is 26.5 Å². The molecular formula is C32H44ClFN6O5Si. The van der Waals surface area contributed by atoms with E-state index in [1.165, 1.54) is 9.58 Å².